The molecule has 3 nitrogen and oxygen atoms in total. The second-order valence-electron chi connectivity index (χ2n) is 4.19. The molecule has 0 spiro atoms. The molecule has 0 fully saturated rings. The number of nitrogens with one attached hydrogen (secondary N) is 1. The van der Waals surface area contributed by atoms with E-state index in [1.54, 1.807) is 12.1 Å². The fourth-order valence-electron chi connectivity index (χ4n) is 1.52. The number of aliphatic hydroxyl groups excluding tert-OH is 1. The maximum atomic E-state index is 13.4. The van der Waals surface area contributed by atoms with Gasteiger partial charge < -0.3 is 10.4 Å². The maximum absolute atomic E-state index is 13.4. The minimum atomic E-state index is -0.537. The van der Waals surface area contributed by atoms with Crippen molar-refractivity contribution in [3.05, 3.63) is 40.1 Å². The van der Waals surface area contributed by atoms with Gasteiger partial charge in [-0.2, -0.15) is 0 Å². The first-order chi connectivity index (χ1) is 9.02. The van der Waals surface area contributed by atoms with E-state index >= 15 is 0 Å². The fraction of sp³-hybridized carbons (Fsp3) is 0.357. The largest absolute Gasteiger partial charge is 0.391 e. The minimum absolute atomic E-state index is 0.206. The van der Waals surface area contributed by atoms with Gasteiger partial charge in [0.15, 0.2) is 0 Å². The molecule has 1 amide bonds. The second-order valence-corrected chi connectivity index (χ2v) is 5.10. The Morgan fingerprint density at radius 3 is 3.00 bits per heavy atom. The Morgan fingerprint density at radius 2 is 2.32 bits per heavy atom. The van der Waals surface area contributed by atoms with Crippen LogP contribution in [0, 0.1) is 5.82 Å². The van der Waals surface area contributed by atoms with Gasteiger partial charge in [-0.05, 0) is 30.7 Å². The highest BCUT2D eigenvalue weighted by Crippen LogP contribution is 2.16. The van der Waals surface area contributed by atoms with Crippen molar-refractivity contribution in [2.75, 3.05) is 6.54 Å². The van der Waals surface area contributed by atoms with E-state index in [-0.39, 0.29) is 12.5 Å². The standard InChI is InChI=1S/C14H17BrFNO2/c1-2-3-12(18)9-17-14(19)7-4-10-8-11(15)5-6-13(10)16/h4-8,12,18H,2-3,9H2,1H3,(H,17,19)/b7-4+. The molecule has 0 saturated heterocycles. The first-order valence-electron chi connectivity index (χ1n) is 6.12. The van der Waals surface area contributed by atoms with Crippen LogP contribution >= 0.6 is 15.9 Å². The average Bonchev–Trinajstić information content (AvgIpc) is 2.38. The predicted octanol–water partition coefficient (Wildman–Crippen LogP) is 2.88. The van der Waals surface area contributed by atoms with E-state index in [1.807, 2.05) is 6.92 Å². The third-order valence-corrected chi connectivity index (χ3v) is 3.00. The highest BCUT2D eigenvalue weighted by atomic mass is 79.9. The van der Waals surface area contributed by atoms with E-state index in [1.165, 1.54) is 18.2 Å². The van der Waals surface area contributed by atoms with Crippen LogP contribution in [-0.2, 0) is 4.79 Å². The van der Waals surface area contributed by atoms with Crippen molar-refractivity contribution in [2.45, 2.75) is 25.9 Å². The fourth-order valence-corrected chi connectivity index (χ4v) is 1.90. The molecule has 1 unspecified atom stereocenters. The van der Waals surface area contributed by atoms with Gasteiger partial charge in [0.2, 0.25) is 5.91 Å². The Bertz CT molecular complexity index is 463. The lowest BCUT2D eigenvalue weighted by atomic mass is 10.2. The molecule has 0 saturated carbocycles. The molecule has 19 heavy (non-hydrogen) atoms. The molecule has 1 aromatic carbocycles. The zero-order valence-corrected chi connectivity index (χ0v) is 12.3. The summed E-state index contributed by atoms with van der Waals surface area (Å²) >= 11 is 3.24. The van der Waals surface area contributed by atoms with Crippen LogP contribution in [0.5, 0.6) is 0 Å². The minimum Gasteiger partial charge on any atom is -0.391 e. The van der Waals surface area contributed by atoms with Gasteiger partial charge in [-0.15, -0.1) is 0 Å². The van der Waals surface area contributed by atoms with Crippen LogP contribution in [0.15, 0.2) is 28.7 Å². The molecule has 0 aliphatic heterocycles. The van der Waals surface area contributed by atoms with E-state index in [0.29, 0.717) is 12.0 Å². The highest BCUT2D eigenvalue weighted by Gasteiger charge is 2.04. The normalized spacial score (nSPS) is 12.6. The number of rotatable bonds is 6. The first-order valence-corrected chi connectivity index (χ1v) is 6.91. The summed E-state index contributed by atoms with van der Waals surface area (Å²) in [6.45, 7) is 2.17. The molecule has 0 bridgehead atoms. The van der Waals surface area contributed by atoms with Gasteiger partial charge in [0, 0.05) is 22.7 Å². The molecular formula is C14H17BrFNO2. The van der Waals surface area contributed by atoms with Crippen molar-refractivity contribution in [2.24, 2.45) is 0 Å². The van der Waals surface area contributed by atoms with Crippen molar-refractivity contribution in [3.63, 3.8) is 0 Å². The van der Waals surface area contributed by atoms with Crippen molar-refractivity contribution < 1.29 is 14.3 Å². The third kappa shape index (κ3) is 5.98. The predicted molar refractivity (Wildman–Crippen MR) is 77.1 cm³/mol. The number of amides is 1. The number of aliphatic hydroxyl groups is 1. The number of benzene rings is 1. The maximum Gasteiger partial charge on any atom is 0.244 e. The molecule has 1 rings (SSSR count). The van der Waals surface area contributed by atoms with E-state index in [4.69, 9.17) is 0 Å². The Morgan fingerprint density at radius 1 is 1.58 bits per heavy atom. The molecule has 0 radical (unpaired) electrons. The van der Waals surface area contributed by atoms with Crippen LogP contribution in [0.1, 0.15) is 25.3 Å². The Kier molecular flexibility index (Phi) is 6.73. The number of carbonyl (C=O) groups is 1. The number of hydrogen-bond donors (Lipinski definition) is 2. The molecular weight excluding hydrogens is 313 g/mol. The topological polar surface area (TPSA) is 49.3 Å². The Labute approximate surface area is 120 Å². The van der Waals surface area contributed by atoms with Crippen LogP contribution in [0.3, 0.4) is 0 Å². The van der Waals surface area contributed by atoms with E-state index in [2.05, 4.69) is 21.2 Å². The van der Waals surface area contributed by atoms with Crippen molar-refractivity contribution >= 4 is 27.9 Å². The lowest BCUT2D eigenvalue weighted by Crippen LogP contribution is -2.30. The van der Waals surface area contributed by atoms with Gasteiger partial charge in [0.25, 0.3) is 0 Å². The molecule has 0 aliphatic carbocycles. The molecule has 104 valence electrons. The third-order valence-electron chi connectivity index (χ3n) is 2.51. The van der Waals surface area contributed by atoms with Crippen LogP contribution < -0.4 is 5.32 Å². The smallest absolute Gasteiger partial charge is 0.244 e. The van der Waals surface area contributed by atoms with Gasteiger partial charge in [0.05, 0.1) is 6.10 Å². The van der Waals surface area contributed by atoms with Crippen LogP contribution in [0.2, 0.25) is 0 Å². The monoisotopic (exact) mass is 329 g/mol. The quantitative estimate of drug-likeness (QED) is 0.788. The molecule has 1 aromatic rings. The van der Waals surface area contributed by atoms with Crippen LogP contribution in [-0.4, -0.2) is 23.7 Å². The highest BCUT2D eigenvalue weighted by molar-refractivity contribution is 9.10. The lowest BCUT2D eigenvalue weighted by Gasteiger charge is -2.08. The van der Waals surface area contributed by atoms with Gasteiger partial charge >= 0.3 is 0 Å². The zero-order chi connectivity index (χ0) is 14.3. The summed E-state index contributed by atoms with van der Waals surface area (Å²) in [4.78, 5) is 11.5. The van der Waals surface area contributed by atoms with E-state index in [9.17, 15) is 14.3 Å². The zero-order valence-electron chi connectivity index (χ0n) is 10.7. The van der Waals surface area contributed by atoms with Crippen molar-refractivity contribution in [1.82, 2.24) is 5.32 Å². The van der Waals surface area contributed by atoms with E-state index in [0.717, 1.165) is 10.9 Å². The molecule has 0 aliphatic rings. The lowest BCUT2D eigenvalue weighted by molar-refractivity contribution is -0.116. The molecule has 0 aromatic heterocycles. The summed E-state index contributed by atoms with van der Waals surface area (Å²) in [6.07, 6.45) is 3.62. The van der Waals surface area contributed by atoms with Gasteiger partial charge in [-0.3, -0.25) is 4.79 Å². The number of halogens is 2. The summed E-state index contributed by atoms with van der Waals surface area (Å²) in [6, 6.07) is 4.51. The van der Waals surface area contributed by atoms with Crippen molar-refractivity contribution in [3.8, 4) is 0 Å². The number of hydrogen-bond acceptors (Lipinski definition) is 2. The van der Waals surface area contributed by atoms with Crippen LogP contribution in [0.4, 0.5) is 4.39 Å². The summed E-state index contributed by atoms with van der Waals surface area (Å²) in [5, 5.41) is 12.0. The van der Waals surface area contributed by atoms with Crippen molar-refractivity contribution in [1.29, 1.82) is 0 Å². The van der Waals surface area contributed by atoms with Crippen LogP contribution in [0.25, 0.3) is 6.08 Å². The second kappa shape index (κ2) is 8.07. The summed E-state index contributed by atoms with van der Waals surface area (Å²) in [5.41, 5.74) is 0.332. The van der Waals surface area contributed by atoms with E-state index < -0.39 is 11.9 Å². The first kappa shape index (κ1) is 15.9. The average molecular weight is 330 g/mol. The number of carbonyl (C=O) groups excluding carboxylic acids is 1. The molecule has 0 heterocycles. The van der Waals surface area contributed by atoms with Gasteiger partial charge in [-0.1, -0.05) is 29.3 Å². The Hall–Kier alpha value is -1.20. The summed E-state index contributed by atoms with van der Waals surface area (Å²) in [7, 11) is 0. The van der Waals surface area contributed by atoms with Gasteiger partial charge in [-0.25, -0.2) is 4.39 Å². The SMILES string of the molecule is CCCC(O)CNC(=O)/C=C/c1cc(Br)ccc1F. The summed E-state index contributed by atoms with van der Waals surface area (Å²) < 4.78 is 14.1. The van der Waals surface area contributed by atoms with Gasteiger partial charge in [0.1, 0.15) is 5.82 Å². The molecule has 5 heteroatoms. The Balaban J connectivity index is 2.52. The summed E-state index contributed by atoms with van der Waals surface area (Å²) in [5.74, 6) is -0.743. The molecule has 1 atom stereocenters. The molecule has 2 N–H and O–H groups in total.